The Morgan fingerprint density at radius 1 is 1.40 bits per heavy atom. The Bertz CT molecular complexity index is 356. The van der Waals surface area contributed by atoms with Crippen LogP contribution in [0.3, 0.4) is 0 Å². The summed E-state index contributed by atoms with van der Waals surface area (Å²) < 4.78 is 0. The van der Waals surface area contributed by atoms with Gasteiger partial charge in [-0.25, -0.2) is 0 Å². The van der Waals surface area contributed by atoms with Crippen molar-refractivity contribution in [1.82, 2.24) is 4.90 Å². The van der Waals surface area contributed by atoms with Gasteiger partial charge in [0.05, 0.1) is 6.54 Å². The van der Waals surface area contributed by atoms with E-state index in [0.717, 1.165) is 5.56 Å². The minimum Gasteiger partial charge on any atom is -0.326 e. The van der Waals surface area contributed by atoms with E-state index in [4.69, 9.17) is 18.0 Å². The molecule has 78 valence electrons. The molecule has 0 atom stereocenters. The SMILES string of the molecule is C#CCN(Cc1ccccc1)C(=O)CCl. The minimum absolute atomic E-state index is 0.0332. The smallest absolute Gasteiger partial charge is 0.238 e. The lowest BCUT2D eigenvalue weighted by Crippen LogP contribution is -2.31. The maximum atomic E-state index is 11.4. The molecule has 0 radical (unpaired) electrons. The Morgan fingerprint density at radius 3 is 2.60 bits per heavy atom. The zero-order valence-electron chi connectivity index (χ0n) is 8.32. The summed E-state index contributed by atoms with van der Waals surface area (Å²) in [4.78, 5) is 13.0. The summed E-state index contributed by atoms with van der Waals surface area (Å²) >= 11 is 5.49. The molecule has 0 N–H and O–H groups in total. The molecule has 1 aromatic carbocycles. The zero-order valence-corrected chi connectivity index (χ0v) is 9.07. The van der Waals surface area contributed by atoms with E-state index in [0.29, 0.717) is 13.1 Å². The second kappa shape index (κ2) is 6.10. The summed E-state index contributed by atoms with van der Waals surface area (Å²) in [6, 6.07) is 9.68. The molecule has 0 bridgehead atoms. The highest BCUT2D eigenvalue weighted by molar-refractivity contribution is 6.27. The largest absolute Gasteiger partial charge is 0.326 e. The molecule has 0 unspecified atom stereocenters. The summed E-state index contributed by atoms with van der Waals surface area (Å²) in [5.74, 6) is 2.28. The first-order valence-corrected chi connectivity index (χ1v) is 5.12. The number of nitrogens with zero attached hydrogens (tertiary/aromatic N) is 1. The van der Waals surface area contributed by atoms with Gasteiger partial charge in [0.25, 0.3) is 0 Å². The van der Waals surface area contributed by atoms with Gasteiger partial charge in [-0.1, -0.05) is 36.3 Å². The number of rotatable bonds is 4. The van der Waals surface area contributed by atoms with E-state index in [1.54, 1.807) is 4.90 Å². The van der Waals surface area contributed by atoms with E-state index in [-0.39, 0.29) is 11.8 Å². The lowest BCUT2D eigenvalue weighted by Gasteiger charge is -2.18. The predicted molar refractivity (Wildman–Crippen MR) is 61.4 cm³/mol. The van der Waals surface area contributed by atoms with Gasteiger partial charge in [0.1, 0.15) is 5.88 Å². The van der Waals surface area contributed by atoms with Crippen LogP contribution in [0.5, 0.6) is 0 Å². The van der Waals surface area contributed by atoms with Crippen molar-refractivity contribution < 1.29 is 4.79 Å². The number of carbonyl (C=O) groups excluding carboxylic acids is 1. The fraction of sp³-hybridized carbons (Fsp3) is 0.250. The average molecular weight is 222 g/mol. The number of terminal acetylenes is 1. The maximum absolute atomic E-state index is 11.4. The maximum Gasteiger partial charge on any atom is 0.238 e. The second-order valence-electron chi connectivity index (χ2n) is 3.07. The Hall–Kier alpha value is -1.46. The number of benzene rings is 1. The van der Waals surface area contributed by atoms with Gasteiger partial charge in [0.2, 0.25) is 5.91 Å². The van der Waals surface area contributed by atoms with Gasteiger partial charge in [-0.3, -0.25) is 4.79 Å². The van der Waals surface area contributed by atoms with Crippen molar-refractivity contribution in [3.8, 4) is 12.3 Å². The monoisotopic (exact) mass is 221 g/mol. The minimum atomic E-state index is -0.140. The van der Waals surface area contributed by atoms with Crippen LogP contribution in [-0.4, -0.2) is 23.2 Å². The molecule has 0 aliphatic heterocycles. The lowest BCUT2D eigenvalue weighted by atomic mass is 10.2. The van der Waals surface area contributed by atoms with Crippen LogP contribution in [-0.2, 0) is 11.3 Å². The first-order chi connectivity index (χ1) is 7.27. The van der Waals surface area contributed by atoms with Crippen LogP contribution in [0.2, 0.25) is 0 Å². The molecule has 1 rings (SSSR count). The van der Waals surface area contributed by atoms with Crippen LogP contribution in [0.15, 0.2) is 30.3 Å². The fourth-order valence-corrected chi connectivity index (χ4v) is 1.40. The normalized spacial score (nSPS) is 9.33. The molecular formula is C12H12ClNO. The van der Waals surface area contributed by atoms with Crippen LogP contribution < -0.4 is 0 Å². The molecule has 0 spiro atoms. The molecule has 0 heterocycles. The van der Waals surface area contributed by atoms with Gasteiger partial charge >= 0.3 is 0 Å². The van der Waals surface area contributed by atoms with Gasteiger partial charge in [-0.15, -0.1) is 18.0 Å². The van der Waals surface area contributed by atoms with Gasteiger partial charge in [0.15, 0.2) is 0 Å². The lowest BCUT2D eigenvalue weighted by molar-refractivity contribution is -0.128. The Balaban J connectivity index is 2.68. The van der Waals surface area contributed by atoms with E-state index >= 15 is 0 Å². The van der Waals surface area contributed by atoms with Gasteiger partial charge < -0.3 is 4.90 Å². The summed E-state index contributed by atoms with van der Waals surface area (Å²) in [7, 11) is 0. The van der Waals surface area contributed by atoms with Crippen molar-refractivity contribution in [2.45, 2.75) is 6.54 Å². The first-order valence-electron chi connectivity index (χ1n) is 4.59. The highest BCUT2D eigenvalue weighted by atomic mass is 35.5. The molecule has 1 aromatic rings. The van der Waals surface area contributed by atoms with E-state index in [9.17, 15) is 4.79 Å². The predicted octanol–water partition coefficient (Wildman–Crippen LogP) is 1.89. The average Bonchev–Trinajstić information content (AvgIpc) is 2.29. The van der Waals surface area contributed by atoms with Crippen LogP contribution in [0.25, 0.3) is 0 Å². The number of carbonyl (C=O) groups is 1. The third-order valence-corrected chi connectivity index (χ3v) is 2.19. The highest BCUT2D eigenvalue weighted by Gasteiger charge is 2.10. The quantitative estimate of drug-likeness (QED) is 0.562. The molecule has 15 heavy (non-hydrogen) atoms. The standard InChI is InChI=1S/C12H12ClNO/c1-2-8-14(12(15)9-13)10-11-6-4-3-5-7-11/h1,3-7H,8-10H2. The van der Waals surface area contributed by atoms with Crippen LogP contribution in [0.4, 0.5) is 0 Å². The third-order valence-electron chi connectivity index (χ3n) is 1.97. The van der Waals surface area contributed by atoms with Crippen LogP contribution >= 0.6 is 11.6 Å². The summed E-state index contributed by atoms with van der Waals surface area (Å²) in [5, 5.41) is 0. The second-order valence-corrected chi connectivity index (χ2v) is 3.34. The molecule has 0 aliphatic carbocycles. The van der Waals surface area contributed by atoms with Gasteiger partial charge in [0, 0.05) is 6.54 Å². The van der Waals surface area contributed by atoms with Crippen molar-refractivity contribution in [2.75, 3.05) is 12.4 Å². The van der Waals surface area contributed by atoms with Gasteiger partial charge in [-0.05, 0) is 5.56 Å². The molecule has 3 heteroatoms. The first kappa shape index (κ1) is 11.6. The van der Waals surface area contributed by atoms with Crippen molar-refractivity contribution in [3.63, 3.8) is 0 Å². The third kappa shape index (κ3) is 3.65. The van der Waals surface area contributed by atoms with Gasteiger partial charge in [-0.2, -0.15) is 0 Å². The summed E-state index contributed by atoms with van der Waals surface area (Å²) in [6.45, 7) is 0.803. The fourth-order valence-electron chi connectivity index (χ4n) is 1.23. The molecule has 1 amide bonds. The van der Waals surface area contributed by atoms with Crippen molar-refractivity contribution in [3.05, 3.63) is 35.9 Å². The van der Waals surface area contributed by atoms with Crippen LogP contribution in [0.1, 0.15) is 5.56 Å². The van der Waals surface area contributed by atoms with Crippen LogP contribution in [0, 0.1) is 12.3 Å². The van der Waals surface area contributed by atoms with E-state index < -0.39 is 0 Å². The number of amides is 1. The zero-order chi connectivity index (χ0) is 11.1. The van der Waals surface area contributed by atoms with E-state index in [2.05, 4.69) is 5.92 Å². The van der Waals surface area contributed by atoms with E-state index in [1.165, 1.54) is 0 Å². The number of alkyl halides is 1. The number of hydrogen-bond acceptors (Lipinski definition) is 1. The Kier molecular flexibility index (Phi) is 4.73. The number of halogens is 1. The molecule has 0 aromatic heterocycles. The van der Waals surface area contributed by atoms with Crippen molar-refractivity contribution in [1.29, 1.82) is 0 Å². The highest BCUT2D eigenvalue weighted by Crippen LogP contribution is 2.04. The molecule has 2 nitrogen and oxygen atoms in total. The number of hydrogen-bond donors (Lipinski definition) is 0. The van der Waals surface area contributed by atoms with E-state index in [1.807, 2.05) is 30.3 Å². The summed E-state index contributed by atoms with van der Waals surface area (Å²) in [5.41, 5.74) is 1.05. The molecule has 0 saturated heterocycles. The Morgan fingerprint density at radius 2 is 2.07 bits per heavy atom. The van der Waals surface area contributed by atoms with Crippen molar-refractivity contribution in [2.24, 2.45) is 0 Å². The Labute approximate surface area is 94.8 Å². The van der Waals surface area contributed by atoms with Crippen molar-refractivity contribution >= 4 is 17.5 Å². The molecular weight excluding hydrogens is 210 g/mol. The molecule has 0 fully saturated rings. The summed E-state index contributed by atoms with van der Waals surface area (Å²) in [6.07, 6.45) is 5.19. The topological polar surface area (TPSA) is 20.3 Å². The molecule has 0 aliphatic rings. The molecule has 0 saturated carbocycles.